The Kier molecular flexibility index (Phi) is 4.17. The normalized spacial score (nSPS) is 15.4. The smallest absolute Gasteiger partial charge is 0.366 e. The lowest BCUT2D eigenvalue weighted by Crippen LogP contribution is -2.40. The first-order valence-corrected chi connectivity index (χ1v) is 7.88. The SMILES string of the molecule is NC(c1ccccc1)C(O)(P(=O)(O)O)P(=O)(O)O. The monoisotopic (exact) mass is 297 g/mol. The fourth-order valence-electron chi connectivity index (χ4n) is 1.42. The van der Waals surface area contributed by atoms with Crippen molar-refractivity contribution in [1.29, 1.82) is 0 Å². The van der Waals surface area contributed by atoms with E-state index in [1.165, 1.54) is 24.3 Å². The number of benzene rings is 1. The number of hydrogen-bond donors (Lipinski definition) is 6. The van der Waals surface area contributed by atoms with Crippen LogP contribution in [0.15, 0.2) is 30.3 Å². The highest BCUT2D eigenvalue weighted by molar-refractivity contribution is 7.72. The summed E-state index contributed by atoms with van der Waals surface area (Å²) in [6, 6.07) is 5.14. The zero-order valence-corrected chi connectivity index (χ0v) is 10.8. The standard InChI is InChI=1S/C8H13NO7P2/c9-7(6-4-2-1-3-5-6)8(10,17(11,12)13)18(14,15)16/h1-5,7,10H,9H2,(H2,11,12,13)(H2,14,15,16). The van der Waals surface area contributed by atoms with Crippen molar-refractivity contribution < 1.29 is 33.8 Å². The predicted molar refractivity (Wildman–Crippen MR) is 62.4 cm³/mol. The Bertz CT molecular complexity index is 485. The van der Waals surface area contributed by atoms with Crippen LogP contribution in [0.4, 0.5) is 0 Å². The Morgan fingerprint density at radius 2 is 1.39 bits per heavy atom. The zero-order valence-electron chi connectivity index (χ0n) is 8.99. The second-order valence-electron chi connectivity index (χ2n) is 3.66. The second-order valence-corrected chi connectivity index (χ2v) is 7.56. The molecular weight excluding hydrogens is 284 g/mol. The molecule has 1 rings (SSSR count). The fourth-order valence-corrected chi connectivity index (χ4v) is 3.80. The van der Waals surface area contributed by atoms with Gasteiger partial charge in [0.2, 0.25) is 0 Å². The average Bonchev–Trinajstić information content (AvgIpc) is 2.25. The van der Waals surface area contributed by atoms with E-state index >= 15 is 0 Å². The van der Waals surface area contributed by atoms with Crippen LogP contribution in [0.2, 0.25) is 0 Å². The second kappa shape index (κ2) is 4.85. The van der Waals surface area contributed by atoms with E-state index in [1.54, 1.807) is 6.07 Å². The first-order chi connectivity index (χ1) is 8.02. The Labute approximate surface area is 102 Å². The molecule has 18 heavy (non-hydrogen) atoms. The predicted octanol–water partition coefficient (Wildman–Crippen LogP) is -0.312. The lowest BCUT2D eigenvalue weighted by atomic mass is 10.1. The van der Waals surface area contributed by atoms with Crippen LogP contribution in [0, 0.1) is 0 Å². The molecule has 7 N–H and O–H groups in total. The molecule has 102 valence electrons. The summed E-state index contributed by atoms with van der Waals surface area (Å²) in [5.41, 5.74) is 5.40. The van der Waals surface area contributed by atoms with E-state index in [0.717, 1.165) is 0 Å². The van der Waals surface area contributed by atoms with E-state index < -0.39 is 26.3 Å². The molecule has 0 aliphatic rings. The molecule has 1 aromatic rings. The van der Waals surface area contributed by atoms with Gasteiger partial charge in [-0.15, -0.1) is 0 Å². The molecule has 1 atom stereocenters. The van der Waals surface area contributed by atoms with Crippen molar-refractivity contribution >= 4 is 15.2 Å². The Morgan fingerprint density at radius 1 is 1.00 bits per heavy atom. The highest BCUT2D eigenvalue weighted by Crippen LogP contribution is 2.71. The quantitative estimate of drug-likeness (QED) is 0.412. The molecule has 0 saturated heterocycles. The van der Waals surface area contributed by atoms with Gasteiger partial charge >= 0.3 is 15.2 Å². The summed E-state index contributed by atoms with van der Waals surface area (Å²) in [4.78, 5) is 36.0. The third-order valence-electron chi connectivity index (χ3n) is 2.43. The van der Waals surface area contributed by atoms with Crippen LogP contribution in [-0.2, 0) is 9.13 Å². The van der Waals surface area contributed by atoms with Gasteiger partial charge in [-0.25, -0.2) is 0 Å². The number of aliphatic hydroxyl groups is 1. The molecule has 1 aromatic carbocycles. The van der Waals surface area contributed by atoms with Gasteiger partial charge in [0.05, 0.1) is 6.04 Å². The minimum absolute atomic E-state index is 0.00773. The molecule has 0 saturated carbocycles. The molecule has 0 radical (unpaired) electrons. The third kappa shape index (κ3) is 2.56. The van der Waals surface area contributed by atoms with E-state index in [2.05, 4.69) is 0 Å². The van der Waals surface area contributed by atoms with Crippen LogP contribution in [-0.4, -0.2) is 29.8 Å². The Balaban J connectivity index is 3.40. The van der Waals surface area contributed by atoms with Crippen LogP contribution in [0.25, 0.3) is 0 Å². The topological polar surface area (TPSA) is 161 Å². The van der Waals surface area contributed by atoms with Crippen molar-refractivity contribution in [2.24, 2.45) is 5.73 Å². The van der Waals surface area contributed by atoms with E-state index in [1.807, 2.05) is 0 Å². The van der Waals surface area contributed by atoms with Crippen molar-refractivity contribution in [3.8, 4) is 0 Å². The van der Waals surface area contributed by atoms with Gasteiger partial charge in [0.25, 0.3) is 5.08 Å². The molecule has 0 aromatic heterocycles. The summed E-state index contributed by atoms with van der Waals surface area (Å²) in [5, 5.41) is 6.10. The van der Waals surface area contributed by atoms with Gasteiger partial charge in [0.1, 0.15) is 0 Å². The van der Waals surface area contributed by atoms with Crippen molar-refractivity contribution in [3.05, 3.63) is 35.9 Å². The molecule has 10 heteroatoms. The molecule has 0 spiro atoms. The van der Waals surface area contributed by atoms with Crippen LogP contribution in [0.3, 0.4) is 0 Å². The molecule has 0 heterocycles. The number of nitrogens with two attached hydrogens (primary N) is 1. The van der Waals surface area contributed by atoms with E-state index in [-0.39, 0.29) is 5.56 Å². The van der Waals surface area contributed by atoms with Gasteiger partial charge in [-0.3, -0.25) is 9.13 Å². The average molecular weight is 297 g/mol. The Morgan fingerprint density at radius 3 is 1.72 bits per heavy atom. The van der Waals surface area contributed by atoms with Crippen molar-refractivity contribution in [1.82, 2.24) is 0 Å². The van der Waals surface area contributed by atoms with Crippen LogP contribution >= 0.6 is 15.2 Å². The molecular formula is C8H13NO7P2. The molecule has 0 fully saturated rings. The molecule has 0 amide bonds. The van der Waals surface area contributed by atoms with Gasteiger partial charge < -0.3 is 30.4 Å². The number of rotatable bonds is 4. The molecule has 0 aliphatic heterocycles. The maximum atomic E-state index is 11.2. The van der Waals surface area contributed by atoms with E-state index in [9.17, 15) is 14.2 Å². The highest BCUT2D eigenvalue weighted by atomic mass is 31.2. The molecule has 1 unspecified atom stereocenters. The lowest BCUT2D eigenvalue weighted by molar-refractivity contribution is 0.108. The van der Waals surface area contributed by atoms with Crippen LogP contribution in [0.1, 0.15) is 11.6 Å². The van der Waals surface area contributed by atoms with Crippen molar-refractivity contribution in [2.75, 3.05) is 0 Å². The van der Waals surface area contributed by atoms with Crippen LogP contribution in [0.5, 0.6) is 0 Å². The third-order valence-corrected chi connectivity index (χ3v) is 6.27. The van der Waals surface area contributed by atoms with Gasteiger partial charge in [0.15, 0.2) is 0 Å². The highest BCUT2D eigenvalue weighted by Gasteiger charge is 2.63. The lowest BCUT2D eigenvalue weighted by Gasteiger charge is -2.34. The molecule has 0 bridgehead atoms. The van der Waals surface area contributed by atoms with Gasteiger partial charge in [-0.1, -0.05) is 30.3 Å². The summed E-state index contributed by atoms with van der Waals surface area (Å²) in [5.74, 6) is 0. The maximum Gasteiger partial charge on any atom is 0.371 e. The van der Waals surface area contributed by atoms with Crippen molar-refractivity contribution in [3.63, 3.8) is 0 Å². The molecule has 0 aliphatic carbocycles. The maximum absolute atomic E-state index is 11.2. The first-order valence-electron chi connectivity index (χ1n) is 4.66. The summed E-state index contributed by atoms with van der Waals surface area (Å²) < 4.78 is 22.4. The summed E-state index contributed by atoms with van der Waals surface area (Å²) in [7, 11) is -11.1. The van der Waals surface area contributed by atoms with E-state index in [4.69, 9.17) is 25.3 Å². The first kappa shape index (κ1) is 15.5. The van der Waals surface area contributed by atoms with Gasteiger partial charge in [-0.05, 0) is 5.56 Å². The van der Waals surface area contributed by atoms with E-state index in [0.29, 0.717) is 0 Å². The zero-order chi connectivity index (χ0) is 14.2. The van der Waals surface area contributed by atoms with Crippen LogP contribution < -0.4 is 5.73 Å². The minimum atomic E-state index is -5.56. The minimum Gasteiger partial charge on any atom is -0.366 e. The molecule has 8 nitrogen and oxygen atoms in total. The summed E-state index contributed by atoms with van der Waals surface area (Å²) >= 11 is 0. The Hall–Kier alpha value is -0.560. The van der Waals surface area contributed by atoms with Crippen molar-refractivity contribution in [2.45, 2.75) is 11.1 Å². The number of hydrogen-bond acceptors (Lipinski definition) is 4. The van der Waals surface area contributed by atoms with Gasteiger partial charge in [0, 0.05) is 0 Å². The van der Waals surface area contributed by atoms with Gasteiger partial charge in [-0.2, -0.15) is 0 Å². The largest absolute Gasteiger partial charge is 0.371 e. The fraction of sp³-hybridized carbons (Fsp3) is 0.250. The summed E-state index contributed by atoms with van der Waals surface area (Å²) in [6.45, 7) is 0. The summed E-state index contributed by atoms with van der Waals surface area (Å²) in [6.07, 6.45) is 0.